The van der Waals surface area contributed by atoms with E-state index in [1.54, 1.807) is 0 Å². The summed E-state index contributed by atoms with van der Waals surface area (Å²) < 4.78 is 75.3. The van der Waals surface area contributed by atoms with Crippen molar-refractivity contribution >= 4 is 18.0 Å². The molecule has 558 valence electrons. The molecule has 0 aromatic heterocycles. The van der Waals surface area contributed by atoms with E-state index < -0.39 is 108 Å². The van der Waals surface area contributed by atoms with E-state index in [2.05, 4.69) is 65.2 Å². The molecule has 17 nitrogen and oxygen atoms in total. The number of rotatable bonds is 23. The lowest BCUT2D eigenvalue weighted by Gasteiger charge is -2.70. The Kier molecular flexibility index (Phi) is 22.7. The first kappa shape index (κ1) is 75.9. The van der Waals surface area contributed by atoms with Gasteiger partial charge in [-0.3, -0.25) is 9.59 Å². The maximum absolute atomic E-state index is 16.5. The number of fused-ring (bicyclic) bond motifs is 9. The van der Waals surface area contributed by atoms with Crippen molar-refractivity contribution in [1.82, 2.24) is 10.6 Å². The quantitative estimate of drug-likeness (QED) is 0.0460. The van der Waals surface area contributed by atoms with Crippen LogP contribution in [0.25, 0.3) is 0 Å². The summed E-state index contributed by atoms with van der Waals surface area (Å²) in [6.07, 6.45) is 4.75. The van der Waals surface area contributed by atoms with Gasteiger partial charge in [0.1, 0.15) is 36.1 Å². The molecule has 12 rings (SSSR count). The molecule has 4 heterocycles. The second kappa shape index (κ2) is 30.2. The zero-order chi connectivity index (χ0) is 72.1. The van der Waals surface area contributed by atoms with Crippen molar-refractivity contribution < 1.29 is 71.6 Å². The number of nitrogens with one attached hydrogen (secondary N) is 2. The Bertz CT molecular complexity index is 3330. The summed E-state index contributed by atoms with van der Waals surface area (Å²) in [6.45, 7) is 34.4. The number of aliphatic hydroxyl groups excluding tert-OH is 1. The van der Waals surface area contributed by atoms with Crippen molar-refractivity contribution in [2.24, 2.45) is 68.5 Å². The van der Waals surface area contributed by atoms with E-state index in [-0.39, 0.29) is 65.7 Å². The fourth-order valence-electron chi connectivity index (χ4n) is 20.8. The van der Waals surface area contributed by atoms with E-state index in [9.17, 15) is 14.7 Å². The third-order valence-electron chi connectivity index (χ3n) is 27.1. The van der Waals surface area contributed by atoms with Crippen LogP contribution in [-0.2, 0) is 81.5 Å². The van der Waals surface area contributed by atoms with Crippen molar-refractivity contribution in [3.8, 4) is 0 Å². The summed E-state index contributed by atoms with van der Waals surface area (Å²) in [6, 6.07) is 29.3. The molecule has 0 radical (unpaired) electrons. The number of benzene rings is 3. The minimum Gasteiger partial charge on any atom is -0.444 e. The number of ether oxygens (including phenoxy) is 11. The minimum atomic E-state index is -1.49. The van der Waals surface area contributed by atoms with Crippen LogP contribution in [0.2, 0.25) is 0 Å². The Balaban J connectivity index is 0.833. The fourth-order valence-corrected chi connectivity index (χ4v) is 20.8. The van der Waals surface area contributed by atoms with Crippen LogP contribution in [0.5, 0.6) is 0 Å². The van der Waals surface area contributed by atoms with Gasteiger partial charge in [-0.2, -0.15) is 0 Å². The molecule has 23 atom stereocenters. The lowest BCUT2D eigenvalue weighted by Crippen LogP contribution is -2.70. The Morgan fingerprint density at radius 1 is 0.683 bits per heavy atom. The first-order chi connectivity index (χ1) is 47.9. The van der Waals surface area contributed by atoms with E-state index >= 15 is 4.79 Å². The lowest BCUT2D eigenvalue weighted by atomic mass is 9.34. The van der Waals surface area contributed by atoms with Crippen LogP contribution in [0.3, 0.4) is 0 Å². The molecule has 2 amide bonds. The second-order valence-electron chi connectivity index (χ2n) is 35.3. The van der Waals surface area contributed by atoms with Gasteiger partial charge in [0.05, 0.1) is 62.3 Å². The summed E-state index contributed by atoms with van der Waals surface area (Å²) in [7, 11) is 0. The van der Waals surface area contributed by atoms with Gasteiger partial charge < -0.3 is 67.8 Å². The SMILES string of the molecule is CC1C(OCc2ccccc2)[C@H](OCc2ccccc2)CO[C@H]1O[C@]12C(C)O[C@@H](OC3C(C)[C@@H](NC(=O)CCCCCNC(=O)OC(C)(C)C)C(COCc4ccccc4)O[C@H]3OC(=O)[C@]34CCC(C)(C)CC3C3=CCC5C6(C)CC[C@H](C)C(C)[C@@H]6CC[C@]5(C)[C@]3(C)CC4)C(OC1(C)C)C2O. The summed E-state index contributed by atoms with van der Waals surface area (Å²) >= 11 is 0. The highest BCUT2D eigenvalue weighted by Crippen LogP contribution is 2.75. The molecule has 4 saturated carbocycles. The van der Waals surface area contributed by atoms with Crippen LogP contribution in [0.4, 0.5) is 4.79 Å². The van der Waals surface area contributed by atoms with Crippen LogP contribution in [0.15, 0.2) is 103 Å². The molecule has 4 aliphatic heterocycles. The highest BCUT2D eigenvalue weighted by atomic mass is 16.8. The van der Waals surface area contributed by atoms with Gasteiger partial charge >= 0.3 is 12.1 Å². The summed E-state index contributed by atoms with van der Waals surface area (Å²) in [5, 5.41) is 19.3. The Labute approximate surface area is 603 Å². The highest BCUT2D eigenvalue weighted by molar-refractivity contribution is 5.79. The van der Waals surface area contributed by atoms with Gasteiger partial charge in [0, 0.05) is 24.8 Å². The fraction of sp³-hybridized carbons (Fsp3) is 0.726. The number of hydrogen-bond donors (Lipinski definition) is 3. The zero-order valence-electron chi connectivity index (χ0n) is 63.4. The van der Waals surface area contributed by atoms with Crippen LogP contribution >= 0.6 is 0 Å². The molecule has 3 aromatic rings. The number of unbranched alkanes of at least 4 members (excludes halogenated alkanes) is 2. The average Bonchev–Trinajstić information content (AvgIpc) is 1.30. The molecule has 101 heavy (non-hydrogen) atoms. The van der Waals surface area contributed by atoms with Gasteiger partial charge in [-0.05, 0) is 187 Å². The van der Waals surface area contributed by atoms with E-state index in [0.29, 0.717) is 69.6 Å². The van der Waals surface area contributed by atoms with Crippen molar-refractivity contribution in [3.05, 3.63) is 119 Å². The van der Waals surface area contributed by atoms with E-state index in [4.69, 9.17) is 52.1 Å². The minimum absolute atomic E-state index is 0.0167. The van der Waals surface area contributed by atoms with Crippen molar-refractivity contribution in [1.29, 1.82) is 0 Å². The van der Waals surface area contributed by atoms with Gasteiger partial charge in [-0.15, -0.1) is 0 Å². The lowest BCUT2D eigenvalue weighted by molar-refractivity contribution is -0.368. The molecule has 0 spiro atoms. The number of carbonyl (C=O) groups is 3. The predicted octanol–water partition coefficient (Wildman–Crippen LogP) is 15.3. The third-order valence-corrected chi connectivity index (χ3v) is 27.1. The van der Waals surface area contributed by atoms with Crippen molar-refractivity contribution in [2.75, 3.05) is 19.8 Å². The molecular weight excluding hydrogens is 1280 g/mol. The Hall–Kier alpha value is -4.79. The normalized spacial score (nSPS) is 40.0. The maximum Gasteiger partial charge on any atom is 0.407 e. The van der Waals surface area contributed by atoms with E-state index in [0.717, 1.165) is 48.3 Å². The number of hydrogen-bond acceptors (Lipinski definition) is 15. The molecule has 4 saturated heterocycles. The van der Waals surface area contributed by atoms with Crippen LogP contribution in [0, 0.1) is 68.5 Å². The van der Waals surface area contributed by atoms with Gasteiger partial charge in [0.2, 0.25) is 12.2 Å². The Morgan fingerprint density at radius 3 is 2.01 bits per heavy atom. The van der Waals surface area contributed by atoms with Crippen LogP contribution in [0.1, 0.15) is 210 Å². The average molecular weight is 1400 g/mol. The van der Waals surface area contributed by atoms with E-state index in [1.165, 1.54) is 31.3 Å². The molecular formula is C84H122N2O15. The summed E-state index contributed by atoms with van der Waals surface area (Å²) in [5.74, 6) is 1.17. The summed E-state index contributed by atoms with van der Waals surface area (Å²) in [4.78, 5) is 43.4. The first-order valence-corrected chi connectivity index (χ1v) is 38.6. The number of alkyl carbamates (subject to hydrolysis) is 1. The largest absolute Gasteiger partial charge is 0.444 e. The number of amides is 2. The number of carbonyl (C=O) groups excluding carboxylic acids is 3. The van der Waals surface area contributed by atoms with Gasteiger partial charge in [0.15, 0.2) is 18.2 Å². The molecule has 8 fully saturated rings. The zero-order valence-corrected chi connectivity index (χ0v) is 63.4. The van der Waals surface area contributed by atoms with Gasteiger partial charge in [-0.25, -0.2) is 4.79 Å². The standard InChI is InChI=1S/C84H122N2O15/c1-52-37-39-80(13)60(53(52)2)38-40-82(15)65(80)36-35-61-62-46-78(9,10)41-43-83(62,44-42-81(61,82)14)75(89)98-73-69(54(3)67(63(96-73)50-91-47-57-28-20-16-21-29-57)86-66(87)34-26-19-27-45-85-76(90)101-77(6,7)8)97-74-70-71(88)84(56(5)95-74,79(11,12)99-70)100-72-55(4)68(93-49-59-32-24-18-25-33-59)64(51-94-72)92-48-58-30-22-17-23-31-58/h16-18,20-25,28-33,35,52-56,60,62-65,67-74,88H,19,26-27,34,36-51H2,1-15H3,(H,85,90)(H,86,87)/t52-,53?,54?,55?,56?,60-,62?,63?,64+,65?,67+,68?,69?,70?,71?,72-,73-,74-,80?,81+,82-,83-,84-/m0/s1. The smallest absolute Gasteiger partial charge is 0.407 e. The van der Waals surface area contributed by atoms with Crippen LogP contribution in [-0.4, -0.2) is 127 Å². The monoisotopic (exact) mass is 1400 g/mol. The topological polar surface area (TPSA) is 197 Å². The molecule has 3 aromatic carbocycles. The Morgan fingerprint density at radius 2 is 1.34 bits per heavy atom. The molecule has 9 aliphatic rings. The van der Waals surface area contributed by atoms with Crippen LogP contribution < -0.4 is 10.6 Å². The molecule has 3 N–H and O–H groups in total. The summed E-state index contributed by atoms with van der Waals surface area (Å²) in [5.41, 5.74) is 0.539. The number of allylic oxidation sites excluding steroid dienone is 2. The first-order valence-electron chi connectivity index (χ1n) is 38.6. The van der Waals surface area contributed by atoms with Crippen molar-refractivity contribution in [2.45, 2.75) is 298 Å². The molecule has 2 bridgehead atoms. The maximum atomic E-state index is 16.5. The number of esters is 1. The third kappa shape index (κ3) is 15.1. The van der Waals surface area contributed by atoms with Crippen molar-refractivity contribution in [3.63, 3.8) is 0 Å². The molecule has 5 aliphatic carbocycles. The van der Waals surface area contributed by atoms with Gasteiger partial charge in [-0.1, -0.05) is 171 Å². The second-order valence-corrected chi connectivity index (χ2v) is 35.3. The predicted molar refractivity (Wildman–Crippen MR) is 385 cm³/mol. The molecule has 12 unspecified atom stereocenters. The number of aliphatic hydroxyl groups is 1. The highest BCUT2D eigenvalue weighted by Gasteiger charge is 2.73. The molecule has 17 heteroatoms. The van der Waals surface area contributed by atoms with Gasteiger partial charge in [0.25, 0.3) is 0 Å². The van der Waals surface area contributed by atoms with E-state index in [1.807, 2.05) is 146 Å².